The molecule has 0 aliphatic heterocycles. The van der Waals surface area contributed by atoms with E-state index >= 15 is 0 Å². The first-order chi connectivity index (χ1) is 7.61. The first-order valence-electron chi connectivity index (χ1n) is 4.72. The van der Waals surface area contributed by atoms with Crippen molar-refractivity contribution in [1.82, 2.24) is 10.3 Å². The first-order valence-corrected chi connectivity index (χ1v) is 5.51. The fourth-order valence-corrected chi connectivity index (χ4v) is 1.51. The molecule has 0 unspecified atom stereocenters. The van der Waals surface area contributed by atoms with E-state index < -0.39 is 5.97 Å². The van der Waals surface area contributed by atoms with Crippen LogP contribution in [0, 0.1) is 0 Å². The molecule has 5 nitrogen and oxygen atoms in total. The van der Waals surface area contributed by atoms with Gasteiger partial charge in [-0.2, -0.15) is 0 Å². The van der Waals surface area contributed by atoms with Crippen LogP contribution in [-0.2, 0) is 4.79 Å². The van der Waals surface area contributed by atoms with E-state index in [1.165, 1.54) is 6.20 Å². The maximum atomic E-state index is 11.6. The summed E-state index contributed by atoms with van der Waals surface area (Å²) in [5.41, 5.74) is 0.304. The maximum Gasteiger partial charge on any atom is 0.303 e. The van der Waals surface area contributed by atoms with Crippen LogP contribution < -0.4 is 5.32 Å². The minimum Gasteiger partial charge on any atom is -0.481 e. The van der Waals surface area contributed by atoms with E-state index in [-0.39, 0.29) is 12.3 Å². The summed E-state index contributed by atoms with van der Waals surface area (Å²) in [5, 5.41) is 11.0. The van der Waals surface area contributed by atoms with Gasteiger partial charge in [0, 0.05) is 23.6 Å². The van der Waals surface area contributed by atoms with E-state index in [0.29, 0.717) is 23.1 Å². The second-order valence-corrected chi connectivity index (χ2v) is 3.94. The number of rotatable bonds is 5. The lowest BCUT2D eigenvalue weighted by Gasteiger charge is -2.04. The Balaban J connectivity index is 2.41. The van der Waals surface area contributed by atoms with Crippen LogP contribution in [0.3, 0.4) is 0 Å². The number of nitrogens with zero attached hydrogens (tertiary/aromatic N) is 1. The second-order valence-electron chi connectivity index (χ2n) is 3.09. The normalized spacial score (nSPS) is 9.81. The van der Waals surface area contributed by atoms with Gasteiger partial charge in [-0.3, -0.25) is 9.59 Å². The van der Waals surface area contributed by atoms with E-state index in [1.54, 1.807) is 12.1 Å². The number of hydrogen-bond acceptors (Lipinski definition) is 3. The van der Waals surface area contributed by atoms with Gasteiger partial charge in [0.25, 0.3) is 5.91 Å². The quantitative estimate of drug-likeness (QED) is 0.803. The molecular formula is C10H11BrN2O3. The van der Waals surface area contributed by atoms with Gasteiger partial charge in [0.1, 0.15) is 5.69 Å². The number of carbonyl (C=O) groups is 2. The summed E-state index contributed by atoms with van der Waals surface area (Å²) in [6, 6.07) is 3.43. The number of carboxylic acid groups (broad SMARTS) is 1. The molecule has 0 spiro atoms. The summed E-state index contributed by atoms with van der Waals surface area (Å²) in [4.78, 5) is 25.7. The molecule has 2 N–H and O–H groups in total. The van der Waals surface area contributed by atoms with Crippen LogP contribution >= 0.6 is 15.9 Å². The summed E-state index contributed by atoms with van der Waals surface area (Å²) < 4.78 is 0.616. The van der Waals surface area contributed by atoms with Gasteiger partial charge in [-0.1, -0.05) is 0 Å². The number of carboxylic acids is 1. The number of pyridine rings is 1. The van der Waals surface area contributed by atoms with E-state index in [2.05, 4.69) is 26.2 Å². The fraction of sp³-hybridized carbons (Fsp3) is 0.300. The number of carbonyl (C=O) groups excluding carboxylic acids is 1. The van der Waals surface area contributed by atoms with Gasteiger partial charge in [-0.05, 0) is 34.5 Å². The van der Waals surface area contributed by atoms with Crippen molar-refractivity contribution in [3.63, 3.8) is 0 Å². The zero-order valence-electron chi connectivity index (χ0n) is 8.44. The molecule has 0 bridgehead atoms. The van der Waals surface area contributed by atoms with Crippen molar-refractivity contribution in [3.8, 4) is 0 Å². The zero-order chi connectivity index (χ0) is 12.0. The Morgan fingerprint density at radius 2 is 2.25 bits per heavy atom. The summed E-state index contributed by atoms with van der Waals surface area (Å²) in [5.74, 6) is -1.17. The van der Waals surface area contributed by atoms with Gasteiger partial charge in [0.2, 0.25) is 0 Å². The molecule has 1 amide bonds. The Bertz CT molecular complexity index is 395. The molecule has 16 heavy (non-hydrogen) atoms. The lowest BCUT2D eigenvalue weighted by molar-refractivity contribution is -0.137. The monoisotopic (exact) mass is 286 g/mol. The summed E-state index contributed by atoms with van der Waals surface area (Å²) in [6.07, 6.45) is 1.98. The Morgan fingerprint density at radius 1 is 1.50 bits per heavy atom. The van der Waals surface area contributed by atoms with Crippen molar-refractivity contribution < 1.29 is 14.7 Å². The predicted octanol–water partition coefficient (Wildman–Crippen LogP) is 1.44. The number of hydrogen-bond donors (Lipinski definition) is 2. The molecule has 1 aromatic heterocycles. The Labute approximate surface area is 101 Å². The highest BCUT2D eigenvalue weighted by Crippen LogP contribution is 2.12. The van der Waals surface area contributed by atoms with E-state index in [4.69, 9.17) is 5.11 Å². The third-order valence-corrected chi connectivity index (χ3v) is 2.47. The molecule has 0 fully saturated rings. The molecule has 1 rings (SSSR count). The topological polar surface area (TPSA) is 79.3 Å². The highest BCUT2D eigenvalue weighted by atomic mass is 79.9. The summed E-state index contributed by atoms with van der Waals surface area (Å²) in [6.45, 7) is 0.328. The van der Waals surface area contributed by atoms with Gasteiger partial charge in [-0.15, -0.1) is 0 Å². The minimum atomic E-state index is -0.867. The van der Waals surface area contributed by atoms with Crippen LogP contribution in [0.15, 0.2) is 22.8 Å². The molecule has 0 aliphatic carbocycles. The molecule has 6 heteroatoms. The van der Waals surface area contributed by atoms with Crippen LogP contribution in [0.5, 0.6) is 0 Å². The van der Waals surface area contributed by atoms with E-state index in [0.717, 1.165) is 0 Å². The molecule has 0 atom stereocenters. The van der Waals surface area contributed by atoms with Crippen LogP contribution in [0.1, 0.15) is 23.3 Å². The van der Waals surface area contributed by atoms with Gasteiger partial charge in [-0.25, -0.2) is 4.98 Å². The third kappa shape index (κ3) is 3.98. The van der Waals surface area contributed by atoms with Crippen molar-refractivity contribution in [2.24, 2.45) is 0 Å². The first kappa shape index (κ1) is 12.6. The lowest BCUT2D eigenvalue weighted by Crippen LogP contribution is -2.26. The van der Waals surface area contributed by atoms with Crippen LogP contribution in [0.4, 0.5) is 0 Å². The van der Waals surface area contributed by atoms with Crippen molar-refractivity contribution in [3.05, 3.63) is 28.5 Å². The van der Waals surface area contributed by atoms with Crippen LogP contribution in [-0.4, -0.2) is 28.5 Å². The van der Waals surface area contributed by atoms with E-state index in [9.17, 15) is 9.59 Å². The van der Waals surface area contributed by atoms with Gasteiger partial charge >= 0.3 is 5.97 Å². The van der Waals surface area contributed by atoms with Crippen molar-refractivity contribution in [1.29, 1.82) is 0 Å². The smallest absolute Gasteiger partial charge is 0.303 e. The standard InChI is InChI=1S/C10H11BrN2O3/c11-7-3-1-5-12-9(7)10(16)13-6-2-4-8(14)15/h1,3,5H,2,4,6H2,(H,13,16)(H,14,15). The maximum absolute atomic E-state index is 11.6. The minimum absolute atomic E-state index is 0.0453. The number of halogens is 1. The van der Waals surface area contributed by atoms with Crippen molar-refractivity contribution >= 4 is 27.8 Å². The lowest BCUT2D eigenvalue weighted by atomic mass is 10.3. The average Bonchev–Trinajstić information content (AvgIpc) is 2.24. The largest absolute Gasteiger partial charge is 0.481 e. The predicted molar refractivity (Wildman–Crippen MR) is 61.1 cm³/mol. The third-order valence-electron chi connectivity index (χ3n) is 1.83. The number of amides is 1. The highest BCUT2D eigenvalue weighted by molar-refractivity contribution is 9.10. The molecule has 1 aromatic rings. The summed E-state index contributed by atoms with van der Waals surface area (Å²) >= 11 is 3.21. The Morgan fingerprint density at radius 3 is 2.88 bits per heavy atom. The molecule has 0 saturated heterocycles. The highest BCUT2D eigenvalue weighted by Gasteiger charge is 2.09. The average molecular weight is 287 g/mol. The molecule has 0 saturated carbocycles. The second kappa shape index (κ2) is 6.22. The Kier molecular flexibility index (Phi) is 4.91. The van der Waals surface area contributed by atoms with Crippen LogP contribution in [0.25, 0.3) is 0 Å². The molecule has 0 radical (unpaired) electrons. The number of aromatic nitrogens is 1. The number of nitrogens with one attached hydrogen (secondary N) is 1. The molecule has 0 aromatic carbocycles. The molecule has 86 valence electrons. The van der Waals surface area contributed by atoms with Crippen molar-refractivity contribution in [2.45, 2.75) is 12.8 Å². The van der Waals surface area contributed by atoms with Gasteiger partial charge in [0.05, 0.1) is 0 Å². The van der Waals surface area contributed by atoms with Gasteiger partial charge in [0.15, 0.2) is 0 Å². The fourth-order valence-electron chi connectivity index (χ4n) is 1.08. The summed E-state index contributed by atoms with van der Waals surface area (Å²) in [7, 11) is 0. The molecular weight excluding hydrogens is 276 g/mol. The molecule has 0 aliphatic rings. The van der Waals surface area contributed by atoms with Crippen molar-refractivity contribution in [2.75, 3.05) is 6.54 Å². The van der Waals surface area contributed by atoms with Gasteiger partial charge < -0.3 is 10.4 Å². The SMILES string of the molecule is O=C(O)CCCNC(=O)c1ncccc1Br. The molecule has 1 heterocycles. The Hall–Kier alpha value is -1.43. The van der Waals surface area contributed by atoms with E-state index in [1.807, 2.05) is 0 Å². The zero-order valence-corrected chi connectivity index (χ0v) is 10.0. The van der Waals surface area contributed by atoms with Crippen LogP contribution in [0.2, 0.25) is 0 Å². The number of aliphatic carboxylic acids is 1.